The number of nitrogens with zero attached hydrogens (tertiary/aromatic N) is 3. The molecule has 0 amide bonds. The summed E-state index contributed by atoms with van der Waals surface area (Å²) in [5.41, 5.74) is 1.93. The van der Waals surface area contributed by atoms with Gasteiger partial charge in [-0.25, -0.2) is 9.50 Å². The summed E-state index contributed by atoms with van der Waals surface area (Å²) >= 11 is 0. The van der Waals surface area contributed by atoms with Crippen molar-refractivity contribution in [2.45, 2.75) is 20.3 Å². The first-order valence-electron chi connectivity index (χ1n) is 4.46. The minimum absolute atomic E-state index is 0.0811. The van der Waals surface area contributed by atoms with Crippen LogP contribution in [0.1, 0.15) is 18.3 Å². The zero-order chi connectivity index (χ0) is 10.1. The van der Waals surface area contributed by atoms with E-state index in [2.05, 4.69) is 10.1 Å². The molecular formula is C10H11N3O. The third kappa shape index (κ3) is 1.64. The van der Waals surface area contributed by atoms with Crippen molar-refractivity contribution in [1.82, 2.24) is 14.6 Å². The minimum atomic E-state index is 0.0811. The van der Waals surface area contributed by atoms with Gasteiger partial charge in [0, 0.05) is 6.20 Å². The largest absolute Gasteiger partial charge is 0.300 e. The van der Waals surface area contributed by atoms with Crippen molar-refractivity contribution in [3.8, 4) is 0 Å². The van der Waals surface area contributed by atoms with E-state index in [1.165, 1.54) is 6.92 Å². The molecule has 4 nitrogen and oxygen atoms in total. The molecular weight excluding hydrogens is 178 g/mol. The maximum Gasteiger partial charge on any atom is 0.159 e. The Labute approximate surface area is 81.6 Å². The Morgan fingerprint density at radius 2 is 2.36 bits per heavy atom. The third-order valence-corrected chi connectivity index (χ3v) is 1.94. The molecule has 0 atom stereocenters. The second kappa shape index (κ2) is 3.21. The topological polar surface area (TPSA) is 47.3 Å². The first-order valence-corrected chi connectivity index (χ1v) is 4.46. The molecule has 4 heteroatoms. The maximum absolute atomic E-state index is 10.9. The average molecular weight is 189 g/mol. The van der Waals surface area contributed by atoms with Crippen LogP contribution in [0, 0.1) is 6.92 Å². The molecule has 0 aliphatic heterocycles. The summed E-state index contributed by atoms with van der Waals surface area (Å²) < 4.78 is 1.69. The molecule has 2 rings (SSSR count). The summed E-state index contributed by atoms with van der Waals surface area (Å²) in [6.45, 7) is 3.54. The van der Waals surface area contributed by atoms with Crippen LogP contribution in [0.2, 0.25) is 0 Å². The number of rotatable bonds is 2. The van der Waals surface area contributed by atoms with Crippen LogP contribution in [-0.2, 0) is 11.2 Å². The molecule has 2 aromatic rings. The quantitative estimate of drug-likeness (QED) is 0.712. The fraction of sp³-hybridized carbons (Fsp3) is 0.300. The normalized spacial score (nSPS) is 10.7. The third-order valence-electron chi connectivity index (χ3n) is 1.94. The average Bonchev–Trinajstić information content (AvgIpc) is 2.44. The van der Waals surface area contributed by atoms with Crippen molar-refractivity contribution in [1.29, 1.82) is 0 Å². The van der Waals surface area contributed by atoms with Gasteiger partial charge in [0.15, 0.2) is 11.5 Å². The van der Waals surface area contributed by atoms with Crippen molar-refractivity contribution >= 4 is 11.4 Å². The van der Waals surface area contributed by atoms with Crippen LogP contribution < -0.4 is 0 Å². The van der Waals surface area contributed by atoms with Gasteiger partial charge in [0.1, 0.15) is 5.78 Å². The number of hydrogen-bond acceptors (Lipinski definition) is 3. The Hall–Kier alpha value is -1.71. The summed E-state index contributed by atoms with van der Waals surface area (Å²) in [5.74, 6) is 0.667. The van der Waals surface area contributed by atoms with Crippen LogP contribution in [0.4, 0.5) is 0 Å². The zero-order valence-electron chi connectivity index (χ0n) is 8.19. The monoisotopic (exact) mass is 189 g/mol. The van der Waals surface area contributed by atoms with Crippen molar-refractivity contribution < 1.29 is 4.79 Å². The molecule has 0 aliphatic carbocycles. The van der Waals surface area contributed by atoms with Gasteiger partial charge in [-0.15, -0.1) is 0 Å². The van der Waals surface area contributed by atoms with Gasteiger partial charge in [-0.05, 0) is 31.5 Å². The zero-order valence-corrected chi connectivity index (χ0v) is 8.19. The SMILES string of the molecule is CC(=O)Cc1nc2cc(C)ccn2n1. The lowest BCUT2D eigenvalue weighted by atomic mass is 10.3. The fourth-order valence-corrected chi connectivity index (χ4v) is 1.33. The van der Waals surface area contributed by atoms with Crippen LogP contribution in [0.15, 0.2) is 18.3 Å². The van der Waals surface area contributed by atoms with Gasteiger partial charge in [-0.2, -0.15) is 5.10 Å². The van der Waals surface area contributed by atoms with Gasteiger partial charge in [0.05, 0.1) is 6.42 Å². The van der Waals surface area contributed by atoms with Gasteiger partial charge < -0.3 is 0 Å². The lowest BCUT2D eigenvalue weighted by molar-refractivity contribution is -0.116. The Morgan fingerprint density at radius 3 is 3.07 bits per heavy atom. The minimum Gasteiger partial charge on any atom is -0.300 e. The Morgan fingerprint density at radius 1 is 1.57 bits per heavy atom. The molecule has 0 saturated carbocycles. The van der Waals surface area contributed by atoms with Crippen molar-refractivity contribution in [3.05, 3.63) is 29.7 Å². The first-order chi connectivity index (χ1) is 6.65. The van der Waals surface area contributed by atoms with E-state index in [4.69, 9.17) is 0 Å². The predicted molar refractivity (Wildman–Crippen MR) is 52.1 cm³/mol. The van der Waals surface area contributed by atoms with Crippen LogP contribution in [-0.4, -0.2) is 20.4 Å². The molecule has 72 valence electrons. The number of ketones is 1. The van der Waals surface area contributed by atoms with E-state index in [1.807, 2.05) is 25.3 Å². The lowest BCUT2D eigenvalue weighted by Crippen LogP contribution is -1.98. The predicted octanol–water partition coefficient (Wildman–Crippen LogP) is 1.17. The highest BCUT2D eigenvalue weighted by atomic mass is 16.1. The van der Waals surface area contributed by atoms with E-state index >= 15 is 0 Å². The summed E-state index contributed by atoms with van der Waals surface area (Å²) in [6.07, 6.45) is 2.15. The number of hydrogen-bond donors (Lipinski definition) is 0. The molecule has 0 spiro atoms. The molecule has 0 aromatic carbocycles. The first kappa shape index (κ1) is 8.87. The number of carbonyl (C=O) groups is 1. The number of fused-ring (bicyclic) bond motifs is 1. The molecule has 0 radical (unpaired) electrons. The molecule has 0 N–H and O–H groups in total. The maximum atomic E-state index is 10.9. The number of aromatic nitrogens is 3. The van der Waals surface area contributed by atoms with Crippen molar-refractivity contribution in [2.24, 2.45) is 0 Å². The smallest absolute Gasteiger partial charge is 0.159 e. The lowest BCUT2D eigenvalue weighted by Gasteiger charge is -1.90. The highest BCUT2D eigenvalue weighted by Crippen LogP contribution is 2.04. The second-order valence-electron chi connectivity index (χ2n) is 3.41. The van der Waals surface area contributed by atoms with Gasteiger partial charge in [0.25, 0.3) is 0 Å². The van der Waals surface area contributed by atoms with Crippen LogP contribution in [0.5, 0.6) is 0 Å². The van der Waals surface area contributed by atoms with E-state index in [9.17, 15) is 4.79 Å². The van der Waals surface area contributed by atoms with Crippen molar-refractivity contribution in [3.63, 3.8) is 0 Å². The van der Waals surface area contributed by atoms with Crippen LogP contribution in [0.3, 0.4) is 0 Å². The highest BCUT2D eigenvalue weighted by Gasteiger charge is 2.05. The standard InChI is InChI=1S/C10H11N3O/c1-7-3-4-13-10(5-7)11-9(12-13)6-8(2)14/h3-5H,6H2,1-2H3. The summed E-state index contributed by atoms with van der Waals surface area (Å²) in [7, 11) is 0. The fourth-order valence-electron chi connectivity index (χ4n) is 1.33. The number of Topliss-reactive ketones (excluding diaryl/α,β-unsaturated/α-hetero) is 1. The molecule has 0 aliphatic rings. The molecule has 14 heavy (non-hydrogen) atoms. The molecule has 0 unspecified atom stereocenters. The van der Waals surface area contributed by atoms with Crippen LogP contribution in [0.25, 0.3) is 5.65 Å². The molecule has 0 saturated heterocycles. The summed E-state index contributed by atoms with van der Waals surface area (Å²) in [4.78, 5) is 15.1. The van der Waals surface area contributed by atoms with E-state index in [0.717, 1.165) is 11.2 Å². The highest BCUT2D eigenvalue weighted by molar-refractivity contribution is 5.77. The summed E-state index contributed by atoms with van der Waals surface area (Å²) in [5, 5.41) is 4.18. The molecule has 0 bridgehead atoms. The summed E-state index contributed by atoms with van der Waals surface area (Å²) in [6, 6.07) is 3.90. The molecule has 2 heterocycles. The van der Waals surface area contributed by atoms with Gasteiger partial charge >= 0.3 is 0 Å². The van der Waals surface area contributed by atoms with E-state index in [-0.39, 0.29) is 5.78 Å². The Balaban J connectivity index is 2.46. The second-order valence-corrected chi connectivity index (χ2v) is 3.41. The van der Waals surface area contributed by atoms with E-state index in [1.54, 1.807) is 4.52 Å². The number of pyridine rings is 1. The molecule has 2 aromatic heterocycles. The van der Waals surface area contributed by atoms with Crippen LogP contribution >= 0.6 is 0 Å². The Kier molecular flexibility index (Phi) is 2.04. The Bertz CT molecular complexity index is 487. The number of aryl methyl sites for hydroxylation is 1. The van der Waals surface area contributed by atoms with Gasteiger partial charge in [-0.1, -0.05) is 0 Å². The molecule has 0 fully saturated rings. The van der Waals surface area contributed by atoms with Gasteiger partial charge in [-0.3, -0.25) is 4.79 Å². The van der Waals surface area contributed by atoms with E-state index in [0.29, 0.717) is 12.2 Å². The van der Waals surface area contributed by atoms with Gasteiger partial charge in [0.2, 0.25) is 0 Å². The van der Waals surface area contributed by atoms with E-state index < -0.39 is 0 Å². The van der Waals surface area contributed by atoms with Crippen molar-refractivity contribution in [2.75, 3.05) is 0 Å². The number of carbonyl (C=O) groups excluding carboxylic acids is 1.